The molecular formula is C9H14O2. The lowest BCUT2D eigenvalue weighted by atomic mass is 9.90. The van der Waals surface area contributed by atoms with Gasteiger partial charge in [-0.15, -0.1) is 0 Å². The Labute approximate surface area is 66.9 Å². The second kappa shape index (κ2) is 2.59. The van der Waals surface area contributed by atoms with Gasteiger partial charge in [0.1, 0.15) is 5.78 Å². The van der Waals surface area contributed by atoms with E-state index in [4.69, 9.17) is 4.74 Å². The fourth-order valence-electron chi connectivity index (χ4n) is 2.60. The van der Waals surface area contributed by atoms with Gasteiger partial charge < -0.3 is 4.74 Å². The maximum absolute atomic E-state index is 11.4. The molecule has 0 aromatic carbocycles. The summed E-state index contributed by atoms with van der Waals surface area (Å²) in [5, 5.41) is 0. The van der Waals surface area contributed by atoms with Crippen LogP contribution in [0.2, 0.25) is 0 Å². The number of rotatable bonds is 2. The molecule has 62 valence electrons. The standard InChI is InChI=1S/C9H14O2/c1-11-5-7-4-6-2-3-8(7)9(6)10/h6-8H,2-5H2,1H3/t6-,7-,8+/m1/s1. The van der Waals surface area contributed by atoms with Crippen LogP contribution in [0.1, 0.15) is 19.3 Å². The van der Waals surface area contributed by atoms with Crippen LogP contribution in [0.4, 0.5) is 0 Å². The van der Waals surface area contributed by atoms with Gasteiger partial charge in [0, 0.05) is 25.6 Å². The number of ether oxygens (including phenoxy) is 1. The van der Waals surface area contributed by atoms with E-state index in [1.807, 2.05) is 0 Å². The van der Waals surface area contributed by atoms with E-state index in [2.05, 4.69) is 0 Å². The van der Waals surface area contributed by atoms with Gasteiger partial charge in [-0.1, -0.05) is 0 Å². The normalized spacial score (nSPS) is 41.9. The summed E-state index contributed by atoms with van der Waals surface area (Å²) in [7, 11) is 1.72. The highest BCUT2D eigenvalue weighted by molar-refractivity contribution is 5.87. The third-order valence-corrected chi connectivity index (χ3v) is 3.13. The molecule has 2 heteroatoms. The zero-order chi connectivity index (χ0) is 7.84. The van der Waals surface area contributed by atoms with Crippen molar-refractivity contribution in [2.24, 2.45) is 17.8 Å². The molecule has 2 bridgehead atoms. The van der Waals surface area contributed by atoms with Gasteiger partial charge in [-0.25, -0.2) is 0 Å². The van der Waals surface area contributed by atoms with Gasteiger partial charge in [-0.05, 0) is 25.2 Å². The summed E-state index contributed by atoms with van der Waals surface area (Å²) in [4.78, 5) is 11.4. The molecule has 0 aromatic heterocycles. The van der Waals surface area contributed by atoms with Crippen molar-refractivity contribution in [1.29, 1.82) is 0 Å². The van der Waals surface area contributed by atoms with Crippen molar-refractivity contribution in [2.45, 2.75) is 19.3 Å². The lowest BCUT2D eigenvalue weighted by molar-refractivity contribution is -0.121. The first-order valence-corrected chi connectivity index (χ1v) is 4.35. The number of fused-ring (bicyclic) bond motifs is 2. The van der Waals surface area contributed by atoms with Crippen LogP contribution in [0.15, 0.2) is 0 Å². The molecule has 0 aliphatic heterocycles. The van der Waals surface area contributed by atoms with Crippen LogP contribution in [0, 0.1) is 17.8 Å². The maximum atomic E-state index is 11.4. The lowest BCUT2D eigenvalue weighted by Gasteiger charge is -2.18. The summed E-state index contributed by atoms with van der Waals surface area (Å²) in [6.07, 6.45) is 3.36. The molecule has 11 heavy (non-hydrogen) atoms. The molecule has 0 amide bonds. The van der Waals surface area contributed by atoms with Crippen molar-refractivity contribution < 1.29 is 9.53 Å². The number of methoxy groups -OCH3 is 1. The molecule has 0 N–H and O–H groups in total. The summed E-state index contributed by atoms with van der Waals surface area (Å²) in [6, 6.07) is 0. The molecule has 0 unspecified atom stereocenters. The molecule has 3 atom stereocenters. The Morgan fingerprint density at radius 3 is 2.82 bits per heavy atom. The zero-order valence-electron chi connectivity index (χ0n) is 6.88. The van der Waals surface area contributed by atoms with Crippen molar-refractivity contribution in [3.8, 4) is 0 Å². The molecular weight excluding hydrogens is 140 g/mol. The molecule has 0 aromatic rings. The fraction of sp³-hybridized carbons (Fsp3) is 0.889. The van der Waals surface area contributed by atoms with E-state index in [0.29, 0.717) is 23.5 Å². The number of hydrogen-bond donors (Lipinski definition) is 0. The van der Waals surface area contributed by atoms with Crippen molar-refractivity contribution >= 4 is 5.78 Å². The molecule has 0 saturated heterocycles. The molecule has 0 heterocycles. The predicted molar refractivity (Wildman–Crippen MR) is 41.2 cm³/mol. The molecule has 2 nitrogen and oxygen atoms in total. The van der Waals surface area contributed by atoms with Crippen LogP contribution in [-0.4, -0.2) is 19.5 Å². The molecule has 2 saturated carbocycles. The first kappa shape index (κ1) is 7.29. The summed E-state index contributed by atoms with van der Waals surface area (Å²) in [5.74, 6) is 1.83. The van der Waals surface area contributed by atoms with E-state index >= 15 is 0 Å². The minimum Gasteiger partial charge on any atom is -0.384 e. The quantitative estimate of drug-likeness (QED) is 0.598. The summed E-state index contributed by atoms with van der Waals surface area (Å²) in [5.41, 5.74) is 0. The Morgan fingerprint density at radius 1 is 1.55 bits per heavy atom. The van der Waals surface area contributed by atoms with E-state index in [0.717, 1.165) is 25.9 Å². The van der Waals surface area contributed by atoms with Crippen LogP contribution >= 0.6 is 0 Å². The average molecular weight is 154 g/mol. The number of carbonyl (C=O) groups excluding carboxylic acids is 1. The van der Waals surface area contributed by atoms with Gasteiger partial charge >= 0.3 is 0 Å². The summed E-state index contributed by atoms with van der Waals surface area (Å²) < 4.78 is 5.07. The average Bonchev–Trinajstić information content (AvgIpc) is 2.47. The van der Waals surface area contributed by atoms with Gasteiger partial charge in [0.05, 0.1) is 0 Å². The Hall–Kier alpha value is -0.370. The highest BCUT2D eigenvalue weighted by Gasteiger charge is 2.46. The molecule has 2 rings (SSSR count). The minimum atomic E-state index is 0.361. The number of carbonyl (C=O) groups is 1. The molecule has 0 spiro atoms. The topological polar surface area (TPSA) is 26.3 Å². The SMILES string of the molecule is COC[C@H]1C[C@H]2CC[C@@H]1C2=O. The second-order valence-electron chi connectivity index (χ2n) is 3.73. The van der Waals surface area contributed by atoms with Crippen LogP contribution in [0.5, 0.6) is 0 Å². The monoisotopic (exact) mass is 154 g/mol. The molecule has 0 radical (unpaired) electrons. The van der Waals surface area contributed by atoms with E-state index in [1.165, 1.54) is 0 Å². The highest BCUT2D eigenvalue weighted by Crippen LogP contribution is 2.45. The Morgan fingerprint density at radius 2 is 2.36 bits per heavy atom. The number of hydrogen-bond acceptors (Lipinski definition) is 2. The zero-order valence-corrected chi connectivity index (χ0v) is 6.88. The number of Topliss-reactive ketones (excluding diaryl/α,β-unsaturated/α-hetero) is 1. The highest BCUT2D eigenvalue weighted by atomic mass is 16.5. The Balaban J connectivity index is 2.03. The first-order valence-electron chi connectivity index (χ1n) is 4.35. The van der Waals surface area contributed by atoms with Crippen molar-refractivity contribution in [2.75, 3.05) is 13.7 Å². The third kappa shape index (κ3) is 1.00. The van der Waals surface area contributed by atoms with E-state index in [9.17, 15) is 4.79 Å². The van der Waals surface area contributed by atoms with Crippen LogP contribution in [0.3, 0.4) is 0 Å². The predicted octanol–water partition coefficient (Wildman–Crippen LogP) is 1.25. The van der Waals surface area contributed by atoms with Crippen molar-refractivity contribution in [3.05, 3.63) is 0 Å². The minimum absolute atomic E-state index is 0.361. The molecule has 2 aliphatic carbocycles. The second-order valence-corrected chi connectivity index (χ2v) is 3.73. The van der Waals surface area contributed by atoms with E-state index in [-0.39, 0.29) is 0 Å². The van der Waals surface area contributed by atoms with Gasteiger partial charge in [0.15, 0.2) is 0 Å². The summed E-state index contributed by atoms with van der Waals surface area (Å²) in [6.45, 7) is 0.785. The van der Waals surface area contributed by atoms with Crippen molar-refractivity contribution in [3.63, 3.8) is 0 Å². The van der Waals surface area contributed by atoms with Gasteiger partial charge in [-0.3, -0.25) is 4.79 Å². The van der Waals surface area contributed by atoms with Gasteiger partial charge in [0.2, 0.25) is 0 Å². The van der Waals surface area contributed by atoms with E-state index < -0.39 is 0 Å². The third-order valence-electron chi connectivity index (χ3n) is 3.13. The van der Waals surface area contributed by atoms with Gasteiger partial charge in [0.25, 0.3) is 0 Å². The molecule has 2 fully saturated rings. The first-order chi connectivity index (χ1) is 5.33. The molecule has 2 aliphatic rings. The van der Waals surface area contributed by atoms with Crippen LogP contribution < -0.4 is 0 Å². The largest absolute Gasteiger partial charge is 0.384 e. The Kier molecular flexibility index (Phi) is 1.72. The van der Waals surface area contributed by atoms with Crippen LogP contribution in [0.25, 0.3) is 0 Å². The number of ketones is 1. The van der Waals surface area contributed by atoms with Crippen molar-refractivity contribution in [1.82, 2.24) is 0 Å². The summed E-state index contributed by atoms with van der Waals surface area (Å²) >= 11 is 0. The lowest BCUT2D eigenvalue weighted by Crippen LogP contribution is -2.17. The fourth-order valence-corrected chi connectivity index (χ4v) is 2.60. The Bertz CT molecular complexity index is 176. The maximum Gasteiger partial charge on any atom is 0.139 e. The smallest absolute Gasteiger partial charge is 0.139 e. The van der Waals surface area contributed by atoms with Crippen LogP contribution in [-0.2, 0) is 9.53 Å². The van der Waals surface area contributed by atoms with E-state index in [1.54, 1.807) is 7.11 Å². The van der Waals surface area contributed by atoms with Gasteiger partial charge in [-0.2, -0.15) is 0 Å².